The molecule has 1 rings (SSSR count). The zero-order valence-corrected chi connectivity index (χ0v) is 4.20. The van der Waals surface area contributed by atoms with Crippen LogP contribution in [0, 0.1) is 0 Å². The minimum Gasteiger partial charge on any atom is -0.433 e. The number of hydrogen-bond acceptors (Lipinski definition) is 3. The Bertz CT molecular complexity index is 133. The molecule has 0 bridgehead atoms. The van der Waals surface area contributed by atoms with Gasteiger partial charge in [0.05, 0.1) is 12.6 Å². The summed E-state index contributed by atoms with van der Waals surface area (Å²) in [5.41, 5.74) is 0. The normalized spacial score (nSPS) is 17.8. The molecule has 0 saturated carbocycles. The van der Waals surface area contributed by atoms with Crippen LogP contribution in [-0.2, 0) is 9.53 Å². The Kier molecular flexibility index (Phi) is 1.42. The fourth-order valence-corrected chi connectivity index (χ4v) is 0.378. The van der Waals surface area contributed by atoms with Crippen LogP contribution >= 0.6 is 0 Å². The number of carbonyl (C=O) groups is 1. The van der Waals surface area contributed by atoms with Crippen LogP contribution in [0.2, 0.25) is 0 Å². The maximum absolute atomic E-state index is 10.3. The third kappa shape index (κ3) is 1.18. The second kappa shape index (κ2) is 2.26. The summed E-state index contributed by atoms with van der Waals surface area (Å²) in [5.74, 6) is -0.262. The molecule has 42 valence electrons. The SMILES string of the molecule is O=C1CC=NC=CO1. The number of rotatable bonds is 0. The summed E-state index contributed by atoms with van der Waals surface area (Å²) in [6, 6.07) is 0. The molecule has 3 nitrogen and oxygen atoms in total. The summed E-state index contributed by atoms with van der Waals surface area (Å²) in [5, 5.41) is 0. The summed E-state index contributed by atoms with van der Waals surface area (Å²) in [6.07, 6.45) is 4.48. The molecule has 0 aromatic carbocycles. The summed E-state index contributed by atoms with van der Waals surface area (Å²) in [6.45, 7) is 0. The van der Waals surface area contributed by atoms with Crippen molar-refractivity contribution in [3.63, 3.8) is 0 Å². The van der Waals surface area contributed by atoms with E-state index < -0.39 is 0 Å². The van der Waals surface area contributed by atoms with Crippen molar-refractivity contribution in [1.82, 2.24) is 0 Å². The first kappa shape index (κ1) is 5.03. The van der Waals surface area contributed by atoms with Crippen LogP contribution in [0.15, 0.2) is 17.5 Å². The van der Waals surface area contributed by atoms with Crippen molar-refractivity contribution in [1.29, 1.82) is 0 Å². The van der Waals surface area contributed by atoms with Gasteiger partial charge in [0.1, 0.15) is 6.26 Å². The standard InChI is InChI=1S/C5H5NO2/c7-5-1-2-6-3-4-8-5/h2-4H,1H2. The van der Waals surface area contributed by atoms with Gasteiger partial charge in [-0.1, -0.05) is 0 Å². The highest BCUT2D eigenvalue weighted by Gasteiger charge is 1.97. The molecule has 8 heavy (non-hydrogen) atoms. The highest BCUT2D eigenvalue weighted by molar-refractivity contribution is 5.86. The molecule has 1 aliphatic rings. The lowest BCUT2D eigenvalue weighted by atomic mass is 10.5. The molecule has 1 heterocycles. The Hall–Kier alpha value is -1.12. The Morgan fingerprint density at radius 1 is 1.75 bits per heavy atom. The van der Waals surface area contributed by atoms with Gasteiger partial charge in [-0.25, -0.2) is 0 Å². The van der Waals surface area contributed by atoms with Crippen molar-refractivity contribution in [2.45, 2.75) is 6.42 Å². The second-order valence-electron chi connectivity index (χ2n) is 1.31. The van der Waals surface area contributed by atoms with E-state index in [4.69, 9.17) is 0 Å². The average molecular weight is 111 g/mol. The monoisotopic (exact) mass is 111 g/mol. The predicted molar refractivity (Wildman–Crippen MR) is 28.3 cm³/mol. The lowest BCUT2D eigenvalue weighted by Crippen LogP contribution is -1.96. The molecule has 0 N–H and O–H groups in total. The van der Waals surface area contributed by atoms with Gasteiger partial charge < -0.3 is 4.74 Å². The quantitative estimate of drug-likeness (QED) is 0.426. The van der Waals surface area contributed by atoms with Gasteiger partial charge in [0.15, 0.2) is 0 Å². The Morgan fingerprint density at radius 3 is 3.50 bits per heavy atom. The Morgan fingerprint density at radius 2 is 2.62 bits per heavy atom. The summed E-state index contributed by atoms with van der Waals surface area (Å²) < 4.78 is 4.46. The third-order valence-electron chi connectivity index (χ3n) is 0.710. The average Bonchev–Trinajstić information content (AvgIpc) is 1.94. The van der Waals surface area contributed by atoms with Crippen molar-refractivity contribution in [2.24, 2.45) is 4.99 Å². The largest absolute Gasteiger partial charge is 0.433 e. The van der Waals surface area contributed by atoms with E-state index in [2.05, 4.69) is 9.73 Å². The van der Waals surface area contributed by atoms with Gasteiger partial charge in [0.25, 0.3) is 0 Å². The lowest BCUT2D eigenvalue weighted by Gasteiger charge is -1.87. The van der Waals surface area contributed by atoms with Crippen LogP contribution in [0.1, 0.15) is 6.42 Å². The highest BCUT2D eigenvalue weighted by Crippen LogP contribution is 1.89. The first-order valence-corrected chi connectivity index (χ1v) is 2.26. The molecule has 0 saturated heterocycles. The van der Waals surface area contributed by atoms with Gasteiger partial charge >= 0.3 is 5.97 Å². The van der Waals surface area contributed by atoms with Crippen molar-refractivity contribution in [3.05, 3.63) is 12.5 Å². The van der Waals surface area contributed by atoms with E-state index >= 15 is 0 Å². The minimum absolute atomic E-state index is 0.262. The first-order chi connectivity index (χ1) is 3.89. The molecular weight excluding hydrogens is 106 g/mol. The molecule has 1 aliphatic heterocycles. The third-order valence-corrected chi connectivity index (χ3v) is 0.710. The second-order valence-corrected chi connectivity index (χ2v) is 1.31. The number of aliphatic imine (C=N–C) groups is 1. The summed E-state index contributed by atoms with van der Waals surface area (Å²) in [7, 11) is 0. The van der Waals surface area contributed by atoms with E-state index in [9.17, 15) is 4.79 Å². The number of cyclic esters (lactones) is 1. The van der Waals surface area contributed by atoms with E-state index in [-0.39, 0.29) is 12.4 Å². The fourth-order valence-electron chi connectivity index (χ4n) is 0.378. The van der Waals surface area contributed by atoms with Gasteiger partial charge in [-0.15, -0.1) is 0 Å². The van der Waals surface area contributed by atoms with Crippen LogP contribution < -0.4 is 0 Å². The zero-order valence-electron chi connectivity index (χ0n) is 4.20. The molecule has 0 atom stereocenters. The number of hydrogen-bond donors (Lipinski definition) is 0. The first-order valence-electron chi connectivity index (χ1n) is 2.26. The van der Waals surface area contributed by atoms with Gasteiger partial charge in [0.2, 0.25) is 0 Å². The van der Waals surface area contributed by atoms with Gasteiger partial charge in [0, 0.05) is 6.21 Å². The maximum atomic E-state index is 10.3. The van der Waals surface area contributed by atoms with Crippen molar-refractivity contribution in [3.8, 4) is 0 Å². The molecule has 0 aromatic heterocycles. The molecule has 0 spiro atoms. The molecule has 0 fully saturated rings. The molecule has 0 radical (unpaired) electrons. The summed E-state index contributed by atoms with van der Waals surface area (Å²) >= 11 is 0. The molecule has 0 aromatic rings. The van der Waals surface area contributed by atoms with Crippen molar-refractivity contribution in [2.75, 3.05) is 0 Å². The van der Waals surface area contributed by atoms with Gasteiger partial charge in [-0.3, -0.25) is 9.79 Å². The van der Waals surface area contributed by atoms with Gasteiger partial charge in [-0.2, -0.15) is 0 Å². The number of ether oxygens (including phenoxy) is 1. The van der Waals surface area contributed by atoms with Crippen molar-refractivity contribution >= 4 is 12.2 Å². The van der Waals surface area contributed by atoms with E-state index in [1.54, 1.807) is 0 Å². The van der Waals surface area contributed by atoms with E-state index in [0.29, 0.717) is 0 Å². The highest BCUT2D eigenvalue weighted by atomic mass is 16.5. The Balaban J connectivity index is 2.58. The minimum atomic E-state index is -0.262. The van der Waals surface area contributed by atoms with Crippen LogP contribution in [0.25, 0.3) is 0 Å². The van der Waals surface area contributed by atoms with Crippen LogP contribution in [-0.4, -0.2) is 12.2 Å². The molecule has 3 heteroatoms. The topological polar surface area (TPSA) is 38.7 Å². The van der Waals surface area contributed by atoms with Crippen LogP contribution in [0.4, 0.5) is 0 Å². The van der Waals surface area contributed by atoms with Crippen LogP contribution in [0.3, 0.4) is 0 Å². The number of esters is 1. The summed E-state index contributed by atoms with van der Waals surface area (Å²) in [4.78, 5) is 14.0. The molecule has 0 amide bonds. The maximum Gasteiger partial charge on any atom is 0.316 e. The van der Waals surface area contributed by atoms with E-state index in [1.807, 2.05) is 0 Å². The van der Waals surface area contributed by atoms with Crippen LogP contribution in [0.5, 0.6) is 0 Å². The van der Waals surface area contributed by atoms with Crippen molar-refractivity contribution < 1.29 is 9.53 Å². The Labute approximate surface area is 46.7 Å². The molecular formula is C5H5NO2. The smallest absolute Gasteiger partial charge is 0.316 e. The molecule has 0 unspecified atom stereocenters. The zero-order chi connectivity index (χ0) is 5.82. The van der Waals surface area contributed by atoms with E-state index in [1.165, 1.54) is 18.7 Å². The lowest BCUT2D eigenvalue weighted by molar-refractivity contribution is -0.136. The fraction of sp³-hybridized carbons (Fsp3) is 0.200. The predicted octanol–water partition coefficient (Wildman–Crippen LogP) is 0.475. The molecule has 0 aliphatic carbocycles. The number of carbonyl (C=O) groups excluding carboxylic acids is 1. The van der Waals surface area contributed by atoms with E-state index in [0.717, 1.165) is 0 Å². The van der Waals surface area contributed by atoms with Gasteiger partial charge in [-0.05, 0) is 0 Å². The number of nitrogens with zero attached hydrogens (tertiary/aromatic N) is 1.